The zero-order valence-electron chi connectivity index (χ0n) is 16.7. The van der Waals surface area contributed by atoms with Crippen molar-refractivity contribution in [3.8, 4) is 16.9 Å². The van der Waals surface area contributed by atoms with E-state index in [4.69, 9.17) is 20.8 Å². The normalized spacial score (nSPS) is 16.6. The number of allylic oxidation sites excluding steroid dienone is 5. The number of hydrogen-bond donors (Lipinski definition) is 0. The Morgan fingerprint density at radius 2 is 1.80 bits per heavy atom. The van der Waals surface area contributed by atoms with Crippen LogP contribution in [0.25, 0.3) is 38.6 Å². The van der Waals surface area contributed by atoms with E-state index in [9.17, 15) is 0 Å². The fraction of sp³-hybridized carbons (Fsp3) is 0.111. The van der Waals surface area contributed by atoms with E-state index in [0.29, 0.717) is 5.02 Å². The third kappa shape index (κ3) is 2.64. The maximum atomic E-state index is 6.22. The van der Waals surface area contributed by atoms with Crippen LogP contribution in [-0.4, -0.2) is 0 Å². The highest BCUT2D eigenvalue weighted by molar-refractivity contribution is 6.31. The molecule has 3 aromatic carbocycles. The number of hydrogen-bond acceptors (Lipinski definition) is 2. The first kappa shape index (κ1) is 17.6. The zero-order valence-corrected chi connectivity index (χ0v) is 17.5. The van der Waals surface area contributed by atoms with Crippen molar-refractivity contribution in [3.63, 3.8) is 0 Å². The number of benzene rings is 3. The van der Waals surface area contributed by atoms with Crippen LogP contribution in [0.3, 0.4) is 0 Å². The molecular weight excluding hydrogens is 392 g/mol. The van der Waals surface area contributed by atoms with Gasteiger partial charge in [-0.25, -0.2) is 0 Å². The fourth-order valence-electron chi connectivity index (χ4n) is 4.37. The first-order valence-corrected chi connectivity index (χ1v) is 10.4. The molecule has 0 N–H and O–H groups in total. The lowest BCUT2D eigenvalue weighted by molar-refractivity contribution is 0.471. The van der Waals surface area contributed by atoms with Crippen LogP contribution in [0.4, 0.5) is 0 Å². The Balaban J connectivity index is 1.52. The molecule has 2 heterocycles. The van der Waals surface area contributed by atoms with Gasteiger partial charge in [0.05, 0.1) is 6.26 Å². The van der Waals surface area contributed by atoms with Gasteiger partial charge in [-0.2, -0.15) is 0 Å². The zero-order chi connectivity index (χ0) is 20.5. The van der Waals surface area contributed by atoms with E-state index in [0.717, 1.165) is 50.0 Å². The summed E-state index contributed by atoms with van der Waals surface area (Å²) in [4.78, 5) is 0. The van der Waals surface area contributed by atoms with Gasteiger partial charge in [-0.1, -0.05) is 67.9 Å². The Labute approximate surface area is 179 Å². The van der Waals surface area contributed by atoms with E-state index in [1.165, 1.54) is 5.57 Å². The van der Waals surface area contributed by atoms with Gasteiger partial charge in [-0.15, -0.1) is 0 Å². The molecule has 146 valence electrons. The van der Waals surface area contributed by atoms with Crippen molar-refractivity contribution in [1.82, 2.24) is 0 Å². The summed E-state index contributed by atoms with van der Waals surface area (Å²) in [6, 6.07) is 18.4. The summed E-state index contributed by atoms with van der Waals surface area (Å²) in [7, 11) is 0. The van der Waals surface area contributed by atoms with Gasteiger partial charge in [-0.3, -0.25) is 0 Å². The molecule has 0 saturated carbocycles. The Hall–Kier alpha value is -3.23. The maximum Gasteiger partial charge on any atom is 0.143 e. The Bertz CT molecular complexity index is 1450. The molecule has 0 atom stereocenters. The number of para-hydroxylation sites is 1. The highest BCUT2D eigenvalue weighted by Crippen LogP contribution is 2.44. The summed E-state index contributed by atoms with van der Waals surface area (Å²) in [6.45, 7) is 4.43. The van der Waals surface area contributed by atoms with Crippen molar-refractivity contribution in [3.05, 3.63) is 95.2 Å². The smallest absolute Gasteiger partial charge is 0.143 e. The van der Waals surface area contributed by atoms with Gasteiger partial charge in [0.15, 0.2) is 0 Å². The molecule has 1 aromatic heterocycles. The predicted octanol–water partition coefficient (Wildman–Crippen LogP) is 8.16. The molecule has 1 aliphatic carbocycles. The van der Waals surface area contributed by atoms with Crippen LogP contribution in [0.2, 0.25) is 5.02 Å². The van der Waals surface area contributed by atoms with E-state index in [2.05, 4.69) is 68.5 Å². The molecular formula is C27H19ClO2. The van der Waals surface area contributed by atoms with Crippen molar-refractivity contribution in [2.75, 3.05) is 0 Å². The Kier molecular flexibility index (Phi) is 3.60. The lowest BCUT2D eigenvalue weighted by Crippen LogP contribution is -2.12. The first-order chi connectivity index (χ1) is 14.5. The maximum absolute atomic E-state index is 6.22. The molecule has 3 heteroatoms. The highest BCUT2D eigenvalue weighted by atomic mass is 35.5. The predicted molar refractivity (Wildman–Crippen MR) is 124 cm³/mol. The molecule has 0 amide bonds. The second-order valence-corrected chi connectivity index (χ2v) is 8.98. The molecule has 0 radical (unpaired) electrons. The van der Waals surface area contributed by atoms with Crippen LogP contribution in [0.5, 0.6) is 5.75 Å². The van der Waals surface area contributed by atoms with Crippen molar-refractivity contribution in [1.29, 1.82) is 0 Å². The van der Waals surface area contributed by atoms with Gasteiger partial charge in [0.2, 0.25) is 0 Å². The minimum atomic E-state index is 0.0289. The quantitative estimate of drug-likeness (QED) is 0.315. The largest absolute Gasteiger partial charge is 0.464 e. The topological polar surface area (TPSA) is 22.4 Å². The molecule has 2 nitrogen and oxygen atoms in total. The van der Waals surface area contributed by atoms with Gasteiger partial charge < -0.3 is 9.15 Å². The van der Waals surface area contributed by atoms with Crippen LogP contribution in [-0.2, 0) is 0 Å². The minimum Gasteiger partial charge on any atom is -0.464 e. The summed E-state index contributed by atoms with van der Waals surface area (Å²) >= 11 is 6.17. The second kappa shape index (κ2) is 6.13. The van der Waals surface area contributed by atoms with Gasteiger partial charge in [-0.05, 0) is 35.4 Å². The molecule has 0 fully saturated rings. The van der Waals surface area contributed by atoms with E-state index in [1.807, 2.05) is 24.5 Å². The van der Waals surface area contributed by atoms with Crippen molar-refractivity contribution in [2.24, 2.45) is 5.41 Å². The van der Waals surface area contributed by atoms with Crippen LogP contribution in [0.1, 0.15) is 19.4 Å². The van der Waals surface area contributed by atoms with Crippen LogP contribution < -0.4 is 4.74 Å². The minimum absolute atomic E-state index is 0.0289. The summed E-state index contributed by atoms with van der Waals surface area (Å²) in [5.41, 5.74) is 7.26. The van der Waals surface area contributed by atoms with E-state index >= 15 is 0 Å². The second-order valence-electron chi connectivity index (χ2n) is 8.54. The SMILES string of the molecule is CC1(C)C=CC2=COc3cc(-c4cccc5c4oc4cc(Cl)ccc45)ccc3C2=C1. The lowest BCUT2D eigenvalue weighted by atomic mass is 9.80. The third-order valence-electron chi connectivity index (χ3n) is 5.88. The van der Waals surface area contributed by atoms with Crippen molar-refractivity contribution >= 4 is 39.1 Å². The monoisotopic (exact) mass is 410 g/mol. The summed E-state index contributed by atoms with van der Waals surface area (Å²) in [6.07, 6.45) is 8.50. The number of halogens is 1. The molecule has 0 unspecified atom stereocenters. The van der Waals surface area contributed by atoms with Gasteiger partial charge >= 0.3 is 0 Å². The number of ether oxygens (including phenoxy) is 1. The van der Waals surface area contributed by atoms with Gasteiger partial charge in [0.25, 0.3) is 0 Å². The van der Waals surface area contributed by atoms with Gasteiger partial charge in [0.1, 0.15) is 16.9 Å². The molecule has 2 aliphatic rings. The first-order valence-electron chi connectivity index (χ1n) is 10.0. The molecule has 6 rings (SSSR count). The molecule has 1 aliphatic heterocycles. The number of fused-ring (bicyclic) bond motifs is 6. The third-order valence-corrected chi connectivity index (χ3v) is 6.11. The van der Waals surface area contributed by atoms with Gasteiger partial charge in [0, 0.05) is 44.0 Å². The van der Waals surface area contributed by atoms with E-state index < -0.39 is 0 Å². The molecule has 30 heavy (non-hydrogen) atoms. The summed E-state index contributed by atoms with van der Waals surface area (Å²) < 4.78 is 12.2. The highest BCUT2D eigenvalue weighted by Gasteiger charge is 2.25. The average Bonchev–Trinajstić information content (AvgIpc) is 3.10. The standard InChI is InChI=1S/C27H19ClO2/c1-27(2)11-10-17-15-29-24-12-16(6-8-21(24)23(17)14-27)19-4-3-5-22-20-9-7-18(28)13-25(20)30-26(19)22/h3-15H,1-2H3. The molecule has 4 aromatic rings. The fourth-order valence-corrected chi connectivity index (χ4v) is 4.53. The Morgan fingerprint density at radius 1 is 0.900 bits per heavy atom. The summed E-state index contributed by atoms with van der Waals surface area (Å²) in [5, 5.41) is 2.83. The molecule has 0 saturated heterocycles. The average molecular weight is 411 g/mol. The Morgan fingerprint density at radius 3 is 2.70 bits per heavy atom. The van der Waals surface area contributed by atoms with E-state index in [1.54, 1.807) is 0 Å². The van der Waals surface area contributed by atoms with Crippen LogP contribution in [0, 0.1) is 5.41 Å². The van der Waals surface area contributed by atoms with Crippen LogP contribution >= 0.6 is 11.6 Å². The van der Waals surface area contributed by atoms with Crippen molar-refractivity contribution < 1.29 is 9.15 Å². The van der Waals surface area contributed by atoms with Crippen molar-refractivity contribution in [2.45, 2.75) is 13.8 Å². The summed E-state index contributed by atoms with van der Waals surface area (Å²) in [5.74, 6) is 0.866. The number of furan rings is 1. The lowest BCUT2D eigenvalue weighted by Gasteiger charge is -2.27. The van der Waals surface area contributed by atoms with Crippen LogP contribution in [0.15, 0.2) is 89.1 Å². The molecule has 0 spiro atoms. The molecule has 0 bridgehead atoms. The van der Waals surface area contributed by atoms with E-state index in [-0.39, 0.29) is 5.41 Å². The number of rotatable bonds is 1.